The largest absolute Gasteiger partial charge is 0.505 e. The Kier molecular flexibility index (Phi) is 6.12. The van der Waals surface area contributed by atoms with Crippen molar-refractivity contribution in [3.63, 3.8) is 0 Å². The van der Waals surface area contributed by atoms with E-state index in [0.717, 1.165) is 18.0 Å². The summed E-state index contributed by atoms with van der Waals surface area (Å²) in [5.74, 6) is -1.57. The fraction of sp³-hybridized carbons (Fsp3) is 0.0769. The lowest BCUT2D eigenvalue weighted by atomic mass is 10.1. The van der Waals surface area contributed by atoms with Crippen LogP contribution in [0.2, 0.25) is 0 Å². The highest BCUT2D eigenvalue weighted by Gasteiger charge is 2.23. The third-order valence-electron chi connectivity index (χ3n) is 5.74. The maximum absolute atomic E-state index is 13.7. The molecule has 7 nitrogen and oxygen atoms in total. The van der Waals surface area contributed by atoms with Gasteiger partial charge in [0.05, 0.1) is 17.0 Å². The maximum Gasteiger partial charge on any atom is 0.354 e. The highest BCUT2D eigenvalue weighted by molar-refractivity contribution is 7.99. The number of pyridine rings is 1. The molecule has 0 unspecified atom stereocenters. The van der Waals surface area contributed by atoms with Crippen molar-refractivity contribution >= 4 is 43.5 Å². The summed E-state index contributed by atoms with van der Waals surface area (Å²) in [6.45, 7) is -0.0855. The van der Waals surface area contributed by atoms with Crippen LogP contribution in [0, 0.1) is 11.6 Å². The number of rotatable bonds is 5. The van der Waals surface area contributed by atoms with Crippen molar-refractivity contribution in [2.45, 2.75) is 21.2 Å². The van der Waals surface area contributed by atoms with Crippen LogP contribution in [0.4, 0.5) is 8.78 Å². The topological polar surface area (TPSA) is 107 Å². The predicted octanol–water partition coefficient (Wildman–Crippen LogP) is 4.69. The van der Waals surface area contributed by atoms with E-state index in [2.05, 4.69) is 0 Å². The molecule has 3 aromatic carbocycles. The van der Waals surface area contributed by atoms with Crippen molar-refractivity contribution in [1.82, 2.24) is 4.57 Å². The van der Waals surface area contributed by atoms with Gasteiger partial charge in [-0.25, -0.2) is 22.0 Å². The van der Waals surface area contributed by atoms with Gasteiger partial charge in [-0.15, -0.1) is 0 Å². The van der Waals surface area contributed by atoms with Crippen LogP contribution in [0.15, 0.2) is 95.4 Å². The molecular weight excluding hydrogens is 524 g/mol. The van der Waals surface area contributed by atoms with Crippen molar-refractivity contribution < 1.29 is 26.7 Å². The molecule has 5 rings (SSSR count). The monoisotopic (exact) mass is 541 g/mol. The number of aromatic hydroxyl groups is 1. The smallest absolute Gasteiger partial charge is 0.354 e. The van der Waals surface area contributed by atoms with Crippen LogP contribution in [-0.4, -0.2) is 24.3 Å². The van der Waals surface area contributed by atoms with E-state index in [0.29, 0.717) is 10.5 Å². The SMILES string of the molecule is CS(=O)(=O)c1ccc2c3oc(=O)c(Sc4ccc(F)cc4)c(O)c3c(=O)n(Cc3ccc(F)cc3)c2c1. The second-order valence-corrected chi connectivity index (χ2v) is 11.4. The minimum Gasteiger partial charge on any atom is -0.505 e. The van der Waals surface area contributed by atoms with E-state index in [1.54, 1.807) is 0 Å². The van der Waals surface area contributed by atoms with Gasteiger partial charge < -0.3 is 14.1 Å². The van der Waals surface area contributed by atoms with Gasteiger partial charge in [-0.2, -0.15) is 0 Å². The Balaban J connectivity index is 1.82. The van der Waals surface area contributed by atoms with E-state index in [1.165, 1.54) is 71.3 Å². The number of nitrogens with zero attached hydrogens (tertiary/aromatic N) is 1. The first-order valence-electron chi connectivity index (χ1n) is 10.8. The van der Waals surface area contributed by atoms with Gasteiger partial charge in [0, 0.05) is 16.5 Å². The van der Waals surface area contributed by atoms with E-state index in [4.69, 9.17) is 4.42 Å². The summed E-state index contributed by atoms with van der Waals surface area (Å²) in [5, 5.41) is 11.0. The lowest BCUT2D eigenvalue weighted by molar-refractivity contribution is 0.446. The predicted molar refractivity (Wildman–Crippen MR) is 135 cm³/mol. The molecule has 37 heavy (non-hydrogen) atoms. The third-order valence-corrected chi connectivity index (χ3v) is 7.92. The second kappa shape index (κ2) is 9.16. The first kappa shape index (κ1) is 24.7. The zero-order valence-electron chi connectivity index (χ0n) is 19.1. The maximum atomic E-state index is 13.7. The Labute approximate surface area is 212 Å². The van der Waals surface area contributed by atoms with Gasteiger partial charge in [0.25, 0.3) is 5.56 Å². The van der Waals surface area contributed by atoms with Crippen molar-refractivity contribution in [3.8, 4) is 5.75 Å². The molecule has 0 saturated carbocycles. The quantitative estimate of drug-likeness (QED) is 0.322. The number of sulfone groups is 1. The van der Waals surface area contributed by atoms with E-state index in [1.807, 2.05) is 0 Å². The molecule has 0 spiro atoms. The van der Waals surface area contributed by atoms with Crippen molar-refractivity contribution in [1.29, 1.82) is 0 Å². The molecule has 5 aromatic rings. The fourth-order valence-corrected chi connectivity index (χ4v) is 5.41. The number of aromatic nitrogens is 1. The standard InChI is InChI=1S/C26H17F2NO6S2/c1-37(33,34)18-10-11-19-20(12-18)29(13-14-2-4-15(27)5-3-14)25(31)21-22(30)24(26(32)35-23(19)21)36-17-8-6-16(28)7-9-17/h2-12,30H,13H2,1H3. The van der Waals surface area contributed by atoms with E-state index < -0.39 is 38.4 Å². The molecule has 2 heterocycles. The molecule has 0 saturated heterocycles. The highest BCUT2D eigenvalue weighted by Crippen LogP contribution is 2.37. The first-order chi connectivity index (χ1) is 17.5. The van der Waals surface area contributed by atoms with Gasteiger partial charge in [-0.1, -0.05) is 23.9 Å². The second-order valence-electron chi connectivity index (χ2n) is 8.30. The van der Waals surface area contributed by atoms with Crippen LogP contribution >= 0.6 is 11.8 Å². The average molecular weight is 542 g/mol. The Bertz CT molecular complexity index is 1910. The molecule has 0 radical (unpaired) electrons. The van der Waals surface area contributed by atoms with Crippen LogP contribution in [0.5, 0.6) is 5.75 Å². The minimum absolute atomic E-state index is 0.0679. The summed E-state index contributed by atoms with van der Waals surface area (Å²) in [7, 11) is -3.65. The molecule has 0 aliphatic rings. The normalized spacial score (nSPS) is 11.9. The van der Waals surface area contributed by atoms with Gasteiger partial charge in [-0.05, 0) is 60.2 Å². The molecule has 0 bridgehead atoms. The highest BCUT2D eigenvalue weighted by atomic mass is 32.2. The molecular formula is C26H17F2NO6S2. The van der Waals surface area contributed by atoms with Crippen molar-refractivity contribution in [2.75, 3.05) is 6.26 Å². The molecule has 0 amide bonds. The van der Waals surface area contributed by atoms with Gasteiger partial charge in [0.1, 0.15) is 21.9 Å². The number of hydrogen-bond acceptors (Lipinski definition) is 7. The molecule has 0 aliphatic carbocycles. The number of halogens is 2. The Morgan fingerprint density at radius 3 is 2.19 bits per heavy atom. The summed E-state index contributed by atoms with van der Waals surface area (Å²) in [6, 6.07) is 14.6. The van der Waals surface area contributed by atoms with Crippen LogP contribution in [-0.2, 0) is 16.4 Å². The van der Waals surface area contributed by atoms with Gasteiger partial charge in [-0.3, -0.25) is 4.79 Å². The number of fused-ring (bicyclic) bond motifs is 3. The zero-order valence-corrected chi connectivity index (χ0v) is 20.7. The Hall–Kier alpha value is -3.96. The number of benzene rings is 3. The van der Waals surface area contributed by atoms with Crippen molar-refractivity contribution in [3.05, 3.63) is 105 Å². The first-order valence-corrected chi connectivity index (χ1v) is 13.5. The molecule has 11 heteroatoms. The van der Waals surface area contributed by atoms with Gasteiger partial charge in [0.2, 0.25) is 0 Å². The van der Waals surface area contributed by atoms with Gasteiger partial charge in [0.15, 0.2) is 21.2 Å². The van der Waals surface area contributed by atoms with Crippen LogP contribution in [0.1, 0.15) is 5.56 Å². The lowest BCUT2D eigenvalue weighted by Crippen LogP contribution is -2.23. The average Bonchev–Trinajstić information content (AvgIpc) is 2.85. The molecule has 0 fully saturated rings. The Morgan fingerprint density at radius 2 is 1.57 bits per heavy atom. The zero-order chi connectivity index (χ0) is 26.5. The molecule has 2 aromatic heterocycles. The molecule has 1 N–H and O–H groups in total. The third kappa shape index (κ3) is 4.63. The molecule has 0 atom stereocenters. The van der Waals surface area contributed by atoms with E-state index in [-0.39, 0.29) is 38.2 Å². The van der Waals surface area contributed by atoms with Crippen LogP contribution in [0.25, 0.3) is 21.9 Å². The Morgan fingerprint density at radius 1 is 0.946 bits per heavy atom. The van der Waals surface area contributed by atoms with Crippen LogP contribution in [0.3, 0.4) is 0 Å². The molecule has 188 valence electrons. The summed E-state index contributed by atoms with van der Waals surface area (Å²) >= 11 is 0.804. The van der Waals surface area contributed by atoms with Crippen LogP contribution < -0.4 is 11.2 Å². The summed E-state index contributed by atoms with van der Waals surface area (Å²) in [5.41, 5.74) is -1.21. The number of hydrogen-bond donors (Lipinski definition) is 1. The fourth-order valence-electron chi connectivity index (χ4n) is 3.94. The lowest BCUT2D eigenvalue weighted by Gasteiger charge is -2.15. The van der Waals surface area contributed by atoms with E-state index in [9.17, 15) is 31.9 Å². The van der Waals surface area contributed by atoms with E-state index >= 15 is 0 Å². The molecule has 0 aliphatic heterocycles. The van der Waals surface area contributed by atoms with Crippen molar-refractivity contribution in [2.24, 2.45) is 0 Å². The summed E-state index contributed by atoms with van der Waals surface area (Å²) < 4.78 is 57.9. The summed E-state index contributed by atoms with van der Waals surface area (Å²) in [6.07, 6.45) is 1.02. The van der Waals surface area contributed by atoms with Gasteiger partial charge >= 0.3 is 5.63 Å². The minimum atomic E-state index is -3.65. The summed E-state index contributed by atoms with van der Waals surface area (Å²) in [4.78, 5) is 26.7.